The lowest BCUT2D eigenvalue weighted by Gasteiger charge is -2.26. The van der Waals surface area contributed by atoms with E-state index in [1.165, 1.54) is 6.08 Å². The fourth-order valence-corrected chi connectivity index (χ4v) is 3.96. The maximum absolute atomic E-state index is 12.6. The molecule has 1 aromatic carbocycles. The average molecular weight is 448 g/mol. The van der Waals surface area contributed by atoms with Crippen LogP contribution in [0.4, 0.5) is 16.4 Å². The molecule has 10 heteroatoms. The van der Waals surface area contributed by atoms with E-state index >= 15 is 0 Å². The first kappa shape index (κ1) is 20.5. The third-order valence-corrected chi connectivity index (χ3v) is 5.67. The zero-order valence-electron chi connectivity index (χ0n) is 15.8. The number of carbonyl (C=O) groups is 3. The highest BCUT2D eigenvalue weighted by atomic mass is 35.5. The zero-order chi connectivity index (χ0) is 21.1. The van der Waals surface area contributed by atoms with Crippen LogP contribution in [-0.4, -0.2) is 54.8 Å². The Morgan fingerprint density at radius 2 is 1.87 bits per heavy atom. The number of furan rings is 1. The summed E-state index contributed by atoms with van der Waals surface area (Å²) in [7, 11) is 0. The standard InChI is InChI=1S/C20H18ClN3O5S/c21-13-1-3-14(4-2-13)22-17(25)12-24-19(26)16(30-20(24)27)11-15-5-6-18(29-15)23-7-9-28-10-8-23/h1-6,11H,7-10,12H2,(H,22,25)/b16-11-. The summed E-state index contributed by atoms with van der Waals surface area (Å²) in [4.78, 5) is 40.3. The number of thioether (sulfide) groups is 1. The van der Waals surface area contributed by atoms with Gasteiger partial charge in [-0.1, -0.05) is 11.6 Å². The van der Waals surface area contributed by atoms with Crippen LogP contribution in [0.1, 0.15) is 5.76 Å². The van der Waals surface area contributed by atoms with Crippen LogP contribution in [0, 0.1) is 0 Å². The summed E-state index contributed by atoms with van der Waals surface area (Å²) in [5, 5.41) is 2.67. The van der Waals surface area contributed by atoms with Crippen LogP contribution in [0.25, 0.3) is 6.08 Å². The van der Waals surface area contributed by atoms with Gasteiger partial charge in [0.2, 0.25) is 5.91 Å². The van der Waals surface area contributed by atoms with Gasteiger partial charge in [0.25, 0.3) is 11.1 Å². The number of imide groups is 1. The molecule has 4 rings (SSSR count). The molecule has 0 atom stereocenters. The molecule has 3 heterocycles. The summed E-state index contributed by atoms with van der Waals surface area (Å²) >= 11 is 6.60. The molecule has 2 aliphatic rings. The quantitative estimate of drug-likeness (QED) is 0.702. The molecule has 3 amide bonds. The maximum Gasteiger partial charge on any atom is 0.294 e. The number of hydrogen-bond donors (Lipinski definition) is 1. The zero-order valence-corrected chi connectivity index (χ0v) is 17.4. The summed E-state index contributed by atoms with van der Waals surface area (Å²) in [5.41, 5.74) is 0.526. The predicted octanol–water partition coefficient (Wildman–Crippen LogP) is 3.44. The topological polar surface area (TPSA) is 92.1 Å². The minimum atomic E-state index is -0.527. The van der Waals surface area contributed by atoms with E-state index in [4.69, 9.17) is 20.8 Å². The van der Waals surface area contributed by atoms with Crippen molar-refractivity contribution in [2.75, 3.05) is 43.1 Å². The highest BCUT2D eigenvalue weighted by Crippen LogP contribution is 2.33. The lowest BCUT2D eigenvalue weighted by Crippen LogP contribution is -2.36. The average Bonchev–Trinajstić information content (AvgIpc) is 3.31. The van der Waals surface area contributed by atoms with E-state index in [9.17, 15) is 14.4 Å². The number of anilines is 2. The normalized spacial score (nSPS) is 18.4. The van der Waals surface area contributed by atoms with E-state index in [1.54, 1.807) is 30.3 Å². The molecular formula is C20H18ClN3O5S. The number of rotatable bonds is 5. The van der Waals surface area contributed by atoms with Crippen molar-refractivity contribution in [2.24, 2.45) is 0 Å². The largest absolute Gasteiger partial charge is 0.441 e. The van der Waals surface area contributed by atoms with Gasteiger partial charge in [0.05, 0.1) is 18.1 Å². The van der Waals surface area contributed by atoms with Gasteiger partial charge < -0.3 is 19.4 Å². The van der Waals surface area contributed by atoms with Crippen molar-refractivity contribution < 1.29 is 23.5 Å². The Labute approximate surface area is 181 Å². The molecule has 30 heavy (non-hydrogen) atoms. The highest BCUT2D eigenvalue weighted by Gasteiger charge is 2.36. The molecule has 2 fully saturated rings. The fourth-order valence-electron chi connectivity index (χ4n) is 3.02. The molecule has 8 nitrogen and oxygen atoms in total. The molecule has 0 bridgehead atoms. The summed E-state index contributed by atoms with van der Waals surface area (Å²) in [6.45, 7) is 2.35. The van der Waals surface area contributed by atoms with Crippen LogP contribution < -0.4 is 10.2 Å². The number of nitrogens with one attached hydrogen (secondary N) is 1. The Kier molecular flexibility index (Phi) is 6.12. The first-order chi connectivity index (χ1) is 14.5. The van der Waals surface area contributed by atoms with Crippen molar-refractivity contribution in [1.29, 1.82) is 0 Å². The van der Waals surface area contributed by atoms with Gasteiger partial charge in [-0.2, -0.15) is 0 Å². The van der Waals surface area contributed by atoms with E-state index in [-0.39, 0.29) is 11.4 Å². The molecular weight excluding hydrogens is 430 g/mol. The van der Waals surface area contributed by atoms with Gasteiger partial charge in [-0.15, -0.1) is 0 Å². The first-order valence-electron chi connectivity index (χ1n) is 9.23. The number of nitrogens with zero attached hydrogens (tertiary/aromatic N) is 2. The first-order valence-corrected chi connectivity index (χ1v) is 10.4. The van der Waals surface area contributed by atoms with Crippen LogP contribution in [0.2, 0.25) is 5.02 Å². The monoisotopic (exact) mass is 447 g/mol. The third kappa shape index (κ3) is 4.69. The van der Waals surface area contributed by atoms with Gasteiger partial charge in [0.15, 0.2) is 5.88 Å². The van der Waals surface area contributed by atoms with Crippen LogP contribution in [-0.2, 0) is 14.3 Å². The van der Waals surface area contributed by atoms with Gasteiger partial charge in [-0.05, 0) is 42.1 Å². The van der Waals surface area contributed by atoms with E-state index < -0.39 is 17.1 Å². The Morgan fingerprint density at radius 1 is 1.13 bits per heavy atom. The second-order valence-corrected chi connectivity index (χ2v) is 8.03. The Morgan fingerprint density at radius 3 is 2.60 bits per heavy atom. The fraction of sp³-hybridized carbons (Fsp3) is 0.250. The number of halogens is 1. The van der Waals surface area contributed by atoms with E-state index in [1.807, 2.05) is 11.0 Å². The van der Waals surface area contributed by atoms with Crippen molar-refractivity contribution in [2.45, 2.75) is 0 Å². The SMILES string of the molecule is O=C(CN1C(=O)S/C(=C\c2ccc(N3CCOCC3)o2)C1=O)Nc1ccc(Cl)cc1. The maximum atomic E-state index is 12.6. The molecule has 2 aromatic rings. The van der Waals surface area contributed by atoms with Gasteiger partial charge in [0, 0.05) is 35.9 Å². The molecule has 0 spiro atoms. The number of carbonyl (C=O) groups excluding carboxylic acids is 3. The molecule has 0 saturated carbocycles. The smallest absolute Gasteiger partial charge is 0.294 e. The molecule has 0 unspecified atom stereocenters. The van der Waals surface area contributed by atoms with Crippen LogP contribution >= 0.6 is 23.4 Å². The number of amides is 3. The Bertz CT molecular complexity index is 998. The lowest BCUT2D eigenvalue weighted by molar-refractivity contribution is -0.127. The van der Waals surface area contributed by atoms with Crippen molar-refractivity contribution in [3.05, 3.63) is 52.1 Å². The summed E-state index contributed by atoms with van der Waals surface area (Å²) in [6, 6.07) is 10.1. The van der Waals surface area contributed by atoms with E-state index in [0.717, 1.165) is 29.8 Å². The van der Waals surface area contributed by atoms with Gasteiger partial charge in [-0.3, -0.25) is 19.3 Å². The third-order valence-electron chi connectivity index (χ3n) is 4.51. The summed E-state index contributed by atoms with van der Waals surface area (Å²) < 4.78 is 11.1. The molecule has 1 N–H and O–H groups in total. The van der Waals surface area contributed by atoms with E-state index in [0.29, 0.717) is 35.6 Å². The van der Waals surface area contributed by atoms with Crippen LogP contribution in [0.3, 0.4) is 0 Å². The summed E-state index contributed by atoms with van der Waals surface area (Å²) in [5.74, 6) is 0.146. The van der Waals surface area contributed by atoms with Crippen LogP contribution in [0.5, 0.6) is 0 Å². The number of ether oxygens (including phenoxy) is 1. The summed E-state index contributed by atoms with van der Waals surface area (Å²) in [6.07, 6.45) is 1.52. The molecule has 2 aliphatic heterocycles. The van der Waals surface area contributed by atoms with Crippen molar-refractivity contribution >= 4 is 58.1 Å². The molecule has 156 valence electrons. The van der Waals surface area contributed by atoms with Crippen molar-refractivity contribution in [1.82, 2.24) is 4.90 Å². The van der Waals surface area contributed by atoms with Crippen molar-refractivity contribution in [3.8, 4) is 0 Å². The minimum Gasteiger partial charge on any atom is -0.441 e. The predicted molar refractivity (Wildman–Crippen MR) is 114 cm³/mol. The second kappa shape index (κ2) is 8.95. The highest BCUT2D eigenvalue weighted by molar-refractivity contribution is 8.18. The van der Waals surface area contributed by atoms with Gasteiger partial charge in [0.1, 0.15) is 12.3 Å². The molecule has 0 radical (unpaired) electrons. The van der Waals surface area contributed by atoms with Crippen molar-refractivity contribution in [3.63, 3.8) is 0 Å². The van der Waals surface area contributed by atoms with Gasteiger partial charge >= 0.3 is 0 Å². The number of hydrogen-bond acceptors (Lipinski definition) is 7. The molecule has 2 saturated heterocycles. The lowest BCUT2D eigenvalue weighted by atomic mass is 10.3. The molecule has 1 aromatic heterocycles. The number of benzene rings is 1. The number of morpholine rings is 1. The molecule has 0 aliphatic carbocycles. The second-order valence-electron chi connectivity index (χ2n) is 6.60. The Hall–Kier alpha value is -2.75. The van der Waals surface area contributed by atoms with Crippen LogP contribution in [0.15, 0.2) is 45.7 Å². The van der Waals surface area contributed by atoms with Gasteiger partial charge in [-0.25, -0.2) is 0 Å². The van der Waals surface area contributed by atoms with E-state index in [2.05, 4.69) is 5.32 Å². The Balaban J connectivity index is 1.40. The minimum absolute atomic E-state index is 0.210.